The molecule has 3 nitrogen and oxygen atoms in total. The van der Waals surface area contributed by atoms with Gasteiger partial charge >= 0.3 is 0 Å². The van der Waals surface area contributed by atoms with Gasteiger partial charge in [-0.1, -0.05) is 38.3 Å². The number of carbonyl (C=O) groups excluding carboxylic acids is 1. The summed E-state index contributed by atoms with van der Waals surface area (Å²) in [6, 6.07) is 6.21. The van der Waals surface area contributed by atoms with E-state index in [4.69, 9.17) is 0 Å². The minimum atomic E-state index is -0.185. The van der Waals surface area contributed by atoms with Gasteiger partial charge in [0.2, 0.25) is 5.91 Å². The third-order valence-corrected chi connectivity index (χ3v) is 4.83. The fourth-order valence-electron chi connectivity index (χ4n) is 3.45. The third-order valence-electron chi connectivity index (χ3n) is 4.83. The van der Waals surface area contributed by atoms with Crippen LogP contribution in [0, 0.1) is 5.41 Å². The van der Waals surface area contributed by atoms with E-state index >= 15 is 0 Å². The van der Waals surface area contributed by atoms with Gasteiger partial charge in [-0.25, -0.2) is 0 Å². The largest absolute Gasteiger partial charge is 0.383 e. The van der Waals surface area contributed by atoms with Crippen molar-refractivity contribution in [3.05, 3.63) is 23.8 Å². The van der Waals surface area contributed by atoms with E-state index in [9.17, 15) is 4.79 Å². The Kier molecular flexibility index (Phi) is 3.68. The first-order valence-electron chi connectivity index (χ1n) is 7.86. The average Bonchev–Trinajstić information content (AvgIpc) is 2.48. The summed E-state index contributed by atoms with van der Waals surface area (Å²) in [4.78, 5) is 12.6. The van der Waals surface area contributed by atoms with E-state index in [1.54, 1.807) is 0 Å². The van der Waals surface area contributed by atoms with Crippen molar-refractivity contribution in [3.63, 3.8) is 0 Å². The van der Waals surface area contributed by atoms with E-state index in [1.807, 2.05) is 12.1 Å². The number of anilines is 2. The van der Waals surface area contributed by atoms with Crippen LogP contribution in [-0.2, 0) is 11.2 Å². The van der Waals surface area contributed by atoms with E-state index in [0.29, 0.717) is 0 Å². The topological polar surface area (TPSA) is 41.1 Å². The second-order valence-electron chi connectivity index (χ2n) is 6.45. The van der Waals surface area contributed by atoms with Crippen molar-refractivity contribution in [2.75, 3.05) is 17.2 Å². The summed E-state index contributed by atoms with van der Waals surface area (Å²) < 4.78 is 0. The normalized spacial score (nSPS) is 20.6. The molecule has 3 heteroatoms. The number of para-hydroxylation sites is 1. The third kappa shape index (κ3) is 2.54. The van der Waals surface area contributed by atoms with E-state index in [-0.39, 0.29) is 11.3 Å². The maximum Gasteiger partial charge on any atom is 0.230 e. The number of fused-ring (bicyclic) bond motifs is 1. The van der Waals surface area contributed by atoms with Crippen LogP contribution in [0.3, 0.4) is 0 Å². The van der Waals surface area contributed by atoms with Crippen molar-refractivity contribution >= 4 is 17.3 Å². The minimum Gasteiger partial charge on any atom is -0.383 e. The van der Waals surface area contributed by atoms with Crippen LogP contribution in [0.25, 0.3) is 0 Å². The molecule has 1 heterocycles. The molecule has 1 aliphatic carbocycles. The van der Waals surface area contributed by atoms with Crippen molar-refractivity contribution < 1.29 is 4.79 Å². The Hall–Kier alpha value is -1.51. The molecule has 108 valence electrons. The molecule has 1 aromatic rings. The summed E-state index contributed by atoms with van der Waals surface area (Å²) in [6.45, 7) is 3.11. The Morgan fingerprint density at radius 3 is 2.80 bits per heavy atom. The summed E-state index contributed by atoms with van der Waals surface area (Å²) in [5.74, 6) is 0.193. The van der Waals surface area contributed by atoms with Gasteiger partial charge in [-0.2, -0.15) is 0 Å². The highest BCUT2D eigenvalue weighted by molar-refractivity contribution is 5.98. The molecule has 0 bridgehead atoms. The molecule has 0 unspecified atom stereocenters. The summed E-state index contributed by atoms with van der Waals surface area (Å²) in [7, 11) is 0. The van der Waals surface area contributed by atoms with Crippen molar-refractivity contribution in [2.24, 2.45) is 5.41 Å². The van der Waals surface area contributed by atoms with Gasteiger partial charge in [0, 0.05) is 12.0 Å². The van der Waals surface area contributed by atoms with Gasteiger partial charge in [-0.3, -0.25) is 4.79 Å². The Balaban J connectivity index is 1.79. The first-order chi connectivity index (χ1) is 9.69. The molecule has 3 rings (SSSR count). The van der Waals surface area contributed by atoms with Gasteiger partial charge in [-0.05, 0) is 37.3 Å². The van der Waals surface area contributed by atoms with Crippen molar-refractivity contribution in [1.82, 2.24) is 0 Å². The van der Waals surface area contributed by atoms with Gasteiger partial charge in [0.1, 0.15) is 0 Å². The molecule has 1 fully saturated rings. The van der Waals surface area contributed by atoms with E-state index in [2.05, 4.69) is 23.6 Å². The molecule has 1 amide bonds. The Bertz CT molecular complexity index is 504. The second kappa shape index (κ2) is 5.47. The Labute approximate surface area is 121 Å². The molecule has 0 atom stereocenters. The van der Waals surface area contributed by atoms with Crippen LogP contribution in [0.1, 0.15) is 51.0 Å². The predicted molar refractivity (Wildman–Crippen MR) is 83.1 cm³/mol. The quantitative estimate of drug-likeness (QED) is 0.855. The molecule has 1 saturated carbocycles. The van der Waals surface area contributed by atoms with Crippen molar-refractivity contribution in [3.8, 4) is 0 Å². The number of hydrogen-bond acceptors (Lipinski definition) is 2. The van der Waals surface area contributed by atoms with Crippen molar-refractivity contribution in [1.29, 1.82) is 0 Å². The molecule has 20 heavy (non-hydrogen) atoms. The van der Waals surface area contributed by atoms with E-state index in [1.165, 1.54) is 31.2 Å². The minimum absolute atomic E-state index is 0.185. The molecule has 1 aliphatic heterocycles. The number of benzene rings is 1. The molecule has 0 radical (unpaired) electrons. The highest BCUT2D eigenvalue weighted by atomic mass is 16.2. The van der Waals surface area contributed by atoms with Crippen LogP contribution in [0.2, 0.25) is 0 Å². The number of rotatable bonds is 2. The highest BCUT2D eigenvalue weighted by Crippen LogP contribution is 2.38. The maximum atomic E-state index is 12.6. The van der Waals surface area contributed by atoms with Gasteiger partial charge in [0.25, 0.3) is 0 Å². The zero-order valence-corrected chi connectivity index (χ0v) is 12.3. The Morgan fingerprint density at radius 2 is 2.00 bits per heavy atom. The van der Waals surface area contributed by atoms with Crippen LogP contribution >= 0.6 is 0 Å². The van der Waals surface area contributed by atoms with E-state index < -0.39 is 0 Å². The lowest BCUT2D eigenvalue weighted by Crippen LogP contribution is -2.35. The molecule has 2 N–H and O–H groups in total. The zero-order valence-electron chi connectivity index (χ0n) is 12.3. The molecular formula is C17H24N2O. The molecular weight excluding hydrogens is 248 g/mol. The molecule has 0 aromatic heterocycles. The van der Waals surface area contributed by atoms with Crippen LogP contribution < -0.4 is 10.6 Å². The first kappa shape index (κ1) is 13.5. The van der Waals surface area contributed by atoms with Crippen LogP contribution in [0.4, 0.5) is 11.4 Å². The standard InChI is InChI=1S/C17H24N2O/c1-17(10-3-2-4-11-17)16(20)19-14-9-5-7-13-8-6-12-18-15(13)14/h5,7,9,18H,2-4,6,8,10-12H2,1H3,(H,19,20). The SMILES string of the molecule is CC1(C(=O)Nc2cccc3c2NCCC3)CCCCC1. The van der Waals surface area contributed by atoms with Gasteiger partial charge in [0.15, 0.2) is 0 Å². The van der Waals surface area contributed by atoms with Crippen molar-refractivity contribution in [2.45, 2.75) is 51.9 Å². The van der Waals surface area contributed by atoms with Crippen LogP contribution in [0.5, 0.6) is 0 Å². The lowest BCUT2D eigenvalue weighted by atomic mass is 9.75. The molecule has 0 saturated heterocycles. The van der Waals surface area contributed by atoms with Gasteiger partial charge in [0.05, 0.1) is 11.4 Å². The zero-order chi connectivity index (χ0) is 14.0. The van der Waals surface area contributed by atoms with Crippen LogP contribution in [0.15, 0.2) is 18.2 Å². The van der Waals surface area contributed by atoms with E-state index in [0.717, 1.165) is 37.2 Å². The average molecular weight is 272 g/mol. The number of nitrogens with one attached hydrogen (secondary N) is 2. The lowest BCUT2D eigenvalue weighted by molar-refractivity contribution is -0.126. The van der Waals surface area contributed by atoms with Gasteiger partial charge in [-0.15, -0.1) is 0 Å². The summed E-state index contributed by atoms with van der Waals surface area (Å²) >= 11 is 0. The molecule has 1 aromatic carbocycles. The molecule has 0 spiro atoms. The highest BCUT2D eigenvalue weighted by Gasteiger charge is 2.34. The predicted octanol–water partition coefficient (Wildman–Crippen LogP) is 3.95. The smallest absolute Gasteiger partial charge is 0.230 e. The number of amides is 1. The monoisotopic (exact) mass is 272 g/mol. The van der Waals surface area contributed by atoms with Crippen LogP contribution in [-0.4, -0.2) is 12.5 Å². The second-order valence-corrected chi connectivity index (χ2v) is 6.45. The molecule has 2 aliphatic rings. The van der Waals surface area contributed by atoms with Gasteiger partial charge < -0.3 is 10.6 Å². The maximum absolute atomic E-state index is 12.6. The first-order valence-corrected chi connectivity index (χ1v) is 7.86. The summed E-state index contributed by atoms with van der Waals surface area (Å²) in [5.41, 5.74) is 3.23. The number of carbonyl (C=O) groups is 1. The number of hydrogen-bond donors (Lipinski definition) is 2. The number of aryl methyl sites for hydroxylation is 1. The fraction of sp³-hybridized carbons (Fsp3) is 0.588. The summed E-state index contributed by atoms with van der Waals surface area (Å²) in [5, 5.41) is 6.62. The Morgan fingerprint density at radius 1 is 1.20 bits per heavy atom. The fourth-order valence-corrected chi connectivity index (χ4v) is 3.45. The summed E-state index contributed by atoms with van der Waals surface area (Å²) in [6.07, 6.45) is 7.92. The lowest BCUT2D eigenvalue weighted by Gasteiger charge is -2.32.